The molecule has 10 heteroatoms. The number of allylic oxidation sites excluding steroid dienone is 2. The van der Waals surface area contributed by atoms with Gasteiger partial charge in [0.25, 0.3) is 0 Å². The lowest BCUT2D eigenvalue weighted by Gasteiger charge is -2.26. The summed E-state index contributed by atoms with van der Waals surface area (Å²) in [7, 11) is 1.89. The van der Waals surface area contributed by atoms with Crippen LogP contribution in [0.3, 0.4) is 0 Å². The average molecular weight is 553 g/mol. The maximum absolute atomic E-state index is 14.7. The number of aryl methyl sites for hydroxylation is 1. The van der Waals surface area contributed by atoms with Crippen molar-refractivity contribution >= 4 is 44.3 Å². The molecular formula is C30H22F2N6OS. The van der Waals surface area contributed by atoms with Crippen LogP contribution in [0, 0.1) is 11.3 Å². The fourth-order valence-corrected chi connectivity index (χ4v) is 6.08. The van der Waals surface area contributed by atoms with Gasteiger partial charge in [-0.25, -0.2) is 13.8 Å². The predicted octanol–water partition coefficient (Wildman–Crippen LogP) is 6.51. The molecule has 6 rings (SSSR count). The zero-order valence-corrected chi connectivity index (χ0v) is 22.3. The van der Waals surface area contributed by atoms with Gasteiger partial charge in [0.15, 0.2) is 0 Å². The molecule has 0 unspecified atom stereocenters. The number of nitriles is 1. The summed E-state index contributed by atoms with van der Waals surface area (Å²) in [5.74, 6) is -0.921. The van der Waals surface area contributed by atoms with Gasteiger partial charge in [-0.3, -0.25) is 9.48 Å². The fraction of sp³-hybridized carbons (Fsp3) is 0.133. The van der Waals surface area contributed by atoms with Crippen molar-refractivity contribution in [3.05, 3.63) is 89.6 Å². The Labute approximate surface area is 232 Å². The smallest absolute Gasteiger partial charge is 0.246 e. The van der Waals surface area contributed by atoms with Crippen LogP contribution in [-0.4, -0.2) is 36.7 Å². The van der Waals surface area contributed by atoms with Gasteiger partial charge in [-0.05, 0) is 41.8 Å². The van der Waals surface area contributed by atoms with E-state index in [1.165, 1.54) is 23.5 Å². The molecule has 0 N–H and O–H groups in total. The number of carbonyl (C=O) groups excluding carboxylic acids is 1. The number of benzene rings is 1. The number of nitrogens with zero attached hydrogens (tertiary/aromatic N) is 6. The summed E-state index contributed by atoms with van der Waals surface area (Å²) in [6.07, 6.45) is 5.25. The van der Waals surface area contributed by atoms with Crippen molar-refractivity contribution in [1.82, 2.24) is 24.2 Å². The Hall–Kier alpha value is -4.88. The highest BCUT2D eigenvalue weighted by Crippen LogP contribution is 2.40. The highest BCUT2D eigenvalue weighted by molar-refractivity contribution is 7.17. The zero-order valence-electron chi connectivity index (χ0n) is 21.4. The second-order valence-electron chi connectivity index (χ2n) is 9.41. The number of carbonyl (C=O) groups is 1. The lowest BCUT2D eigenvalue weighted by molar-refractivity contribution is -0.127. The van der Waals surface area contributed by atoms with Crippen LogP contribution in [0.15, 0.2) is 72.8 Å². The second kappa shape index (κ2) is 10.0. The molecule has 0 saturated heterocycles. The molecule has 4 aromatic heterocycles. The van der Waals surface area contributed by atoms with E-state index in [0.717, 1.165) is 38.3 Å². The van der Waals surface area contributed by atoms with Crippen molar-refractivity contribution in [3.63, 3.8) is 0 Å². The van der Waals surface area contributed by atoms with E-state index in [1.54, 1.807) is 11.1 Å². The monoisotopic (exact) mass is 552 g/mol. The van der Waals surface area contributed by atoms with E-state index in [-0.39, 0.29) is 12.2 Å². The van der Waals surface area contributed by atoms with Crippen LogP contribution in [0.4, 0.5) is 8.78 Å². The van der Waals surface area contributed by atoms with Gasteiger partial charge in [0.2, 0.25) is 5.91 Å². The van der Waals surface area contributed by atoms with Gasteiger partial charge in [-0.1, -0.05) is 12.6 Å². The van der Waals surface area contributed by atoms with Gasteiger partial charge >= 0.3 is 0 Å². The van der Waals surface area contributed by atoms with Crippen molar-refractivity contribution in [1.29, 1.82) is 5.26 Å². The standard InChI is InChI=1S/C30H22F2N6OS/c1-3-27(39)37-9-10-38-21(17-37)14-25(35-38)29-24(13-20(32)6-8-31)30-22(7-11-40-30)28(34-29)18-4-5-26-23(12-18)19(15-33)16-36(26)2/h3-8,11-14,16H,1,9-10,17H2,2H3/b8-6+,20-13?. The number of fused-ring (bicyclic) bond motifs is 3. The Kier molecular flexibility index (Phi) is 6.36. The molecule has 0 aliphatic carbocycles. The van der Waals surface area contributed by atoms with Crippen molar-refractivity contribution in [2.24, 2.45) is 7.05 Å². The fourth-order valence-electron chi connectivity index (χ4n) is 5.17. The SMILES string of the molecule is C=CC(=O)N1CCn2nc(-c3nc(-c4ccc5c(c4)c(C#N)cn5C)c4ccsc4c3C=C(F)/C=C/F)cc2C1. The third-order valence-corrected chi connectivity index (χ3v) is 8.01. The first-order valence-electron chi connectivity index (χ1n) is 12.4. The molecule has 0 fully saturated rings. The molecule has 40 heavy (non-hydrogen) atoms. The van der Waals surface area contributed by atoms with Crippen LogP contribution in [0.25, 0.3) is 49.7 Å². The molecule has 7 nitrogen and oxygen atoms in total. The summed E-state index contributed by atoms with van der Waals surface area (Å²) < 4.78 is 32.0. The zero-order chi connectivity index (χ0) is 28.0. The van der Waals surface area contributed by atoms with Gasteiger partial charge in [-0.2, -0.15) is 10.4 Å². The van der Waals surface area contributed by atoms with E-state index in [9.17, 15) is 18.8 Å². The maximum Gasteiger partial charge on any atom is 0.246 e. The van der Waals surface area contributed by atoms with Gasteiger partial charge in [-0.15, -0.1) is 11.3 Å². The van der Waals surface area contributed by atoms with Crippen LogP contribution < -0.4 is 0 Å². The lowest BCUT2D eigenvalue weighted by atomic mass is 10.0. The largest absolute Gasteiger partial charge is 0.349 e. The molecular weight excluding hydrogens is 530 g/mol. The molecule has 0 radical (unpaired) electrons. The Bertz CT molecular complexity index is 1940. The van der Waals surface area contributed by atoms with E-state index in [4.69, 9.17) is 10.1 Å². The third-order valence-electron chi connectivity index (χ3n) is 7.06. The van der Waals surface area contributed by atoms with Crippen LogP contribution in [0.5, 0.6) is 0 Å². The first-order chi connectivity index (χ1) is 19.4. The number of rotatable bonds is 5. The number of thiophene rings is 1. The van der Waals surface area contributed by atoms with Crippen molar-refractivity contribution in [2.45, 2.75) is 13.1 Å². The Morgan fingerprint density at radius 3 is 2.83 bits per heavy atom. The summed E-state index contributed by atoms with van der Waals surface area (Å²) >= 11 is 1.43. The molecule has 0 spiro atoms. The predicted molar refractivity (Wildman–Crippen MR) is 152 cm³/mol. The molecule has 1 aliphatic rings. The number of pyridine rings is 1. The van der Waals surface area contributed by atoms with Crippen molar-refractivity contribution < 1.29 is 13.6 Å². The van der Waals surface area contributed by atoms with Crippen molar-refractivity contribution in [2.75, 3.05) is 6.54 Å². The quantitative estimate of drug-likeness (QED) is 0.184. The molecule has 1 aromatic carbocycles. The van der Waals surface area contributed by atoms with Gasteiger partial charge in [0.05, 0.1) is 36.4 Å². The van der Waals surface area contributed by atoms with E-state index < -0.39 is 5.83 Å². The number of hydrogen-bond donors (Lipinski definition) is 0. The number of halogens is 2. The van der Waals surface area contributed by atoms with E-state index >= 15 is 0 Å². The van der Waals surface area contributed by atoms with E-state index in [1.807, 2.05) is 52.0 Å². The minimum Gasteiger partial charge on any atom is -0.349 e. The Balaban J connectivity index is 1.58. The topological polar surface area (TPSA) is 79.7 Å². The summed E-state index contributed by atoms with van der Waals surface area (Å²) in [4.78, 5) is 18.9. The molecule has 0 bridgehead atoms. The van der Waals surface area contributed by atoms with E-state index in [2.05, 4.69) is 12.6 Å². The Morgan fingerprint density at radius 1 is 1.20 bits per heavy atom. The molecule has 1 aliphatic heterocycles. The maximum atomic E-state index is 14.7. The average Bonchev–Trinajstić information content (AvgIpc) is 3.69. The first kappa shape index (κ1) is 25.4. The molecule has 5 aromatic rings. The number of hydrogen-bond acceptors (Lipinski definition) is 5. The first-order valence-corrected chi connectivity index (χ1v) is 13.3. The van der Waals surface area contributed by atoms with Crippen LogP contribution in [-0.2, 0) is 24.9 Å². The van der Waals surface area contributed by atoms with Gasteiger partial charge in [0.1, 0.15) is 23.3 Å². The minimum atomic E-state index is -0.760. The Morgan fingerprint density at radius 2 is 2.05 bits per heavy atom. The summed E-state index contributed by atoms with van der Waals surface area (Å²) in [5.41, 5.74) is 5.18. The van der Waals surface area contributed by atoms with Crippen LogP contribution in [0.1, 0.15) is 16.8 Å². The summed E-state index contributed by atoms with van der Waals surface area (Å²) in [6.45, 7) is 4.92. The number of aromatic nitrogens is 4. The third kappa shape index (κ3) is 4.21. The number of amides is 1. The summed E-state index contributed by atoms with van der Waals surface area (Å²) in [5, 5.41) is 17.9. The highest BCUT2D eigenvalue weighted by Gasteiger charge is 2.24. The molecule has 0 atom stereocenters. The lowest BCUT2D eigenvalue weighted by Crippen LogP contribution is -2.37. The van der Waals surface area contributed by atoms with Gasteiger partial charge < -0.3 is 9.47 Å². The summed E-state index contributed by atoms with van der Waals surface area (Å²) in [6, 6.07) is 11.9. The molecule has 5 heterocycles. The molecule has 198 valence electrons. The molecule has 1 amide bonds. The van der Waals surface area contributed by atoms with Crippen molar-refractivity contribution in [3.8, 4) is 28.7 Å². The van der Waals surface area contributed by atoms with Gasteiger partial charge in [0, 0.05) is 58.0 Å². The van der Waals surface area contributed by atoms with E-state index in [0.29, 0.717) is 47.8 Å². The normalized spacial score (nSPS) is 13.8. The second-order valence-corrected chi connectivity index (χ2v) is 10.3. The minimum absolute atomic E-state index is 0.154. The van der Waals surface area contributed by atoms with Crippen LogP contribution >= 0.6 is 11.3 Å². The van der Waals surface area contributed by atoms with Crippen LogP contribution in [0.2, 0.25) is 0 Å². The highest BCUT2D eigenvalue weighted by atomic mass is 32.1. The molecule has 0 saturated carbocycles.